The van der Waals surface area contributed by atoms with Gasteiger partial charge in [-0.05, 0) is 33.1 Å². The summed E-state index contributed by atoms with van der Waals surface area (Å²) in [5.74, 6) is 0.820. The molecule has 3 rings (SSSR count). The van der Waals surface area contributed by atoms with Gasteiger partial charge in [-0.2, -0.15) is 0 Å². The van der Waals surface area contributed by atoms with Gasteiger partial charge in [0.2, 0.25) is 0 Å². The summed E-state index contributed by atoms with van der Waals surface area (Å²) in [6.07, 6.45) is 1.13. The van der Waals surface area contributed by atoms with Crippen LogP contribution in [0, 0.1) is 19.8 Å². The van der Waals surface area contributed by atoms with Crippen LogP contribution in [0.3, 0.4) is 0 Å². The molecule has 0 bridgehead atoms. The highest BCUT2D eigenvalue weighted by Gasteiger charge is 2.44. The van der Waals surface area contributed by atoms with E-state index in [1.54, 1.807) is 0 Å². The number of amides is 1. The van der Waals surface area contributed by atoms with E-state index in [0.29, 0.717) is 18.0 Å². The fourth-order valence-electron chi connectivity index (χ4n) is 3.36. The molecule has 0 saturated carbocycles. The van der Waals surface area contributed by atoms with E-state index in [1.165, 1.54) is 11.3 Å². The number of nitrogens with one attached hydrogen (secondary N) is 1. The zero-order valence-electron chi connectivity index (χ0n) is 11.1. The molecule has 2 fully saturated rings. The van der Waals surface area contributed by atoms with Crippen LogP contribution in [0.25, 0.3) is 0 Å². The van der Waals surface area contributed by atoms with Gasteiger partial charge in [-0.15, -0.1) is 11.3 Å². The number of rotatable bonds is 1. The quantitative estimate of drug-likeness (QED) is 0.838. The highest BCUT2D eigenvalue weighted by Crippen LogP contribution is 2.34. The van der Waals surface area contributed by atoms with E-state index in [1.807, 2.05) is 13.8 Å². The summed E-state index contributed by atoms with van der Waals surface area (Å²) in [4.78, 5) is 20.0. The molecule has 4 nitrogen and oxygen atoms in total. The van der Waals surface area contributed by atoms with Gasteiger partial charge in [0, 0.05) is 25.2 Å². The number of likely N-dealkylation sites (tertiary alicyclic amines) is 1. The number of hydrogen-bond acceptors (Lipinski definition) is 4. The van der Waals surface area contributed by atoms with Gasteiger partial charge >= 0.3 is 0 Å². The van der Waals surface area contributed by atoms with E-state index in [0.717, 1.165) is 35.1 Å². The predicted molar refractivity (Wildman–Crippen MR) is 72.0 cm³/mol. The summed E-state index contributed by atoms with van der Waals surface area (Å²) in [5, 5.41) is 4.37. The third kappa shape index (κ3) is 1.77. The molecule has 0 radical (unpaired) electrons. The molecule has 1 N–H and O–H groups in total. The van der Waals surface area contributed by atoms with E-state index in [4.69, 9.17) is 0 Å². The van der Waals surface area contributed by atoms with Crippen molar-refractivity contribution in [1.29, 1.82) is 0 Å². The fourth-order valence-corrected chi connectivity index (χ4v) is 4.23. The van der Waals surface area contributed by atoms with Crippen molar-refractivity contribution in [2.45, 2.75) is 39.3 Å². The number of aromatic nitrogens is 1. The lowest BCUT2D eigenvalue weighted by Gasteiger charge is -2.27. The molecule has 1 amide bonds. The number of carbonyl (C=O) groups is 1. The monoisotopic (exact) mass is 265 g/mol. The Labute approximate surface area is 111 Å². The van der Waals surface area contributed by atoms with Crippen molar-refractivity contribution >= 4 is 17.2 Å². The van der Waals surface area contributed by atoms with Crippen molar-refractivity contribution in [1.82, 2.24) is 15.2 Å². The normalized spacial score (nSPS) is 30.8. The number of hydrogen-bond donors (Lipinski definition) is 1. The van der Waals surface area contributed by atoms with Crippen molar-refractivity contribution < 1.29 is 4.79 Å². The minimum atomic E-state index is 0.182. The summed E-state index contributed by atoms with van der Waals surface area (Å²) in [5.41, 5.74) is 0.879. The summed E-state index contributed by atoms with van der Waals surface area (Å²) in [7, 11) is 0. The SMILES string of the molecule is Cc1nc(C)c(C(=O)N2C(C)CC3CNCC32)s1. The van der Waals surface area contributed by atoms with Crippen molar-refractivity contribution in [3.63, 3.8) is 0 Å². The Bertz CT molecular complexity index is 485. The molecular weight excluding hydrogens is 246 g/mol. The molecule has 18 heavy (non-hydrogen) atoms. The average molecular weight is 265 g/mol. The van der Waals surface area contributed by atoms with Gasteiger partial charge in [-0.25, -0.2) is 4.98 Å². The molecule has 5 heteroatoms. The highest BCUT2D eigenvalue weighted by atomic mass is 32.1. The second kappa shape index (κ2) is 4.31. The second-order valence-corrected chi connectivity index (χ2v) is 6.63. The van der Waals surface area contributed by atoms with Crippen molar-refractivity contribution in [3.05, 3.63) is 15.6 Å². The molecule has 3 atom stereocenters. The van der Waals surface area contributed by atoms with Gasteiger partial charge in [0.1, 0.15) is 4.88 Å². The first kappa shape index (κ1) is 12.1. The molecule has 98 valence electrons. The van der Waals surface area contributed by atoms with Crippen LogP contribution in [0.2, 0.25) is 0 Å². The maximum atomic E-state index is 12.7. The Kier molecular flexibility index (Phi) is 2.90. The fraction of sp³-hybridized carbons (Fsp3) is 0.692. The molecule has 3 heterocycles. The van der Waals surface area contributed by atoms with Crippen molar-refractivity contribution in [3.8, 4) is 0 Å². The van der Waals surface area contributed by atoms with E-state index in [-0.39, 0.29) is 5.91 Å². The van der Waals surface area contributed by atoms with Gasteiger partial charge in [0.05, 0.1) is 10.7 Å². The van der Waals surface area contributed by atoms with Gasteiger partial charge in [0.15, 0.2) is 0 Å². The van der Waals surface area contributed by atoms with Crippen LogP contribution in [0.1, 0.15) is 33.7 Å². The first-order valence-corrected chi connectivity index (χ1v) is 7.37. The highest BCUT2D eigenvalue weighted by molar-refractivity contribution is 7.13. The Balaban J connectivity index is 1.90. The van der Waals surface area contributed by atoms with Crippen LogP contribution >= 0.6 is 11.3 Å². The number of fused-ring (bicyclic) bond motifs is 1. The van der Waals surface area contributed by atoms with Crippen molar-refractivity contribution in [2.75, 3.05) is 13.1 Å². The molecule has 1 aromatic heterocycles. The van der Waals surface area contributed by atoms with Crippen LogP contribution in [-0.4, -0.2) is 41.0 Å². The average Bonchev–Trinajstić information content (AvgIpc) is 2.92. The maximum Gasteiger partial charge on any atom is 0.266 e. The molecule has 2 saturated heterocycles. The van der Waals surface area contributed by atoms with Crippen LogP contribution in [0.5, 0.6) is 0 Å². The molecule has 1 aromatic rings. The largest absolute Gasteiger partial charge is 0.331 e. The Morgan fingerprint density at radius 1 is 1.44 bits per heavy atom. The van der Waals surface area contributed by atoms with E-state index in [2.05, 4.69) is 22.1 Å². The van der Waals surface area contributed by atoms with Gasteiger partial charge < -0.3 is 10.2 Å². The van der Waals surface area contributed by atoms with E-state index in [9.17, 15) is 4.79 Å². The van der Waals surface area contributed by atoms with Crippen LogP contribution in [-0.2, 0) is 0 Å². The lowest BCUT2D eigenvalue weighted by Crippen LogP contribution is -2.42. The smallest absolute Gasteiger partial charge is 0.266 e. The summed E-state index contributed by atoms with van der Waals surface area (Å²) >= 11 is 1.52. The molecule has 2 aliphatic heterocycles. The van der Waals surface area contributed by atoms with Crippen molar-refractivity contribution in [2.24, 2.45) is 5.92 Å². The van der Waals surface area contributed by atoms with Crippen LogP contribution in [0.15, 0.2) is 0 Å². The number of nitrogens with zero attached hydrogens (tertiary/aromatic N) is 2. The van der Waals surface area contributed by atoms with Gasteiger partial charge in [-0.1, -0.05) is 0 Å². The Hall–Kier alpha value is -0.940. The first-order valence-electron chi connectivity index (χ1n) is 6.55. The predicted octanol–water partition coefficient (Wildman–Crippen LogP) is 1.58. The van der Waals surface area contributed by atoms with E-state index < -0.39 is 0 Å². The zero-order valence-corrected chi connectivity index (χ0v) is 11.9. The minimum absolute atomic E-state index is 0.182. The molecular formula is C13H19N3OS. The standard InChI is InChI=1S/C13H19N3OS/c1-7-4-10-5-14-6-11(10)16(7)13(17)12-8(2)15-9(3)18-12/h7,10-11,14H,4-6H2,1-3H3. The maximum absolute atomic E-state index is 12.7. The number of carbonyl (C=O) groups excluding carboxylic acids is 1. The molecule has 2 aliphatic rings. The third-order valence-electron chi connectivity index (χ3n) is 4.11. The summed E-state index contributed by atoms with van der Waals surface area (Å²) < 4.78 is 0. The van der Waals surface area contributed by atoms with Gasteiger partial charge in [-0.3, -0.25) is 4.79 Å². The summed E-state index contributed by atoms with van der Waals surface area (Å²) in [6, 6.07) is 0.741. The molecule has 0 spiro atoms. The minimum Gasteiger partial charge on any atom is -0.331 e. The lowest BCUT2D eigenvalue weighted by molar-refractivity contribution is 0.0686. The topological polar surface area (TPSA) is 45.2 Å². The lowest BCUT2D eigenvalue weighted by atomic mass is 10.0. The zero-order chi connectivity index (χ0) is 12.9. The Morgan fingerprint density at radius 2 is 2.22 bits per heavy atom. The number of thiazole rings is 1. The first-order chi connectivity index (χ1) is 8.58. The second-order valence-electron chi connectivity index (χ2n) is 5.43. The van der Waals surface area contributed by atoms with Crippen LogP contribution < -0.4 is 5.32 Å². The van der Waals surface area contributed by atoms with E-state index >= 15 is 0 Å². The molecule has 0 aliphatic carbocycles. The molecule has 3 unspecified atom stereocenters. The number of aryl methyl sites for hydroxylation is 2. The molecule has 0 aromatic carbocycles. The Morgan fingerprint density at radius 3 is 2.89 bits per heavy atom. The van der Waals surface area contributed by atoms with Gasteiger partial charge in [0.25, 0.3) is 5.91 Å². The third-order valence-corrected chi connectivity index (χ3v) is 5.17. The van der Waals surface area contributed by atoms with Crippen LogP contribution in [0.4, 0.5) is 0 Å². The summed E-state index contributed by atoms with van der Waals surface area (Å²) in [6.45, 7) is 8.06.